The lowest BCUT2D eigenvalue weighted by Gasteiger charge is -2.09. The first-order chi connectivity index (χ1) is 8.90. The molecule has 0 saturated heterocycles. The highest BCUT2D eigenvalue weighted by molar-refractivity contribution is 5.89. The molecule has 2 aromatic rings. The third-order valence-electron chi connectivity index (χ3n) is 3.20. The number of fused-ring (bicyclic) bond motifs is 2. The molecule has 0 amide bonds. The van der Waals surface area contributed by atoms with Crippen LogP contribution in [0.2, 0.25) is 0 Å². The Morgan fingerprint density at radius 3 is 2.56 bits per heavy atom. The summed E-state index contributed by atoms with van der Waals surface area (Å²) >= 11 is 0. The molecule has 2 aromatic carbocycles. The Bertz CT molecular complexity index is 613. The van der Waals surface area contributed by atoms with Crippen LogP contribution in [-0.2, 0) is 6.54 Å². The third kappa shape index (κ3) is 1.66. The normalized spacial score (nSPS) is 14.9. The number of rotatable bonds is 0. The maximum Gasteiger partial charge on any atom is 0.0918 e. The summed E-state index contributed by atoms with van der Waals surface area (Å²) in [4.78, 5) is 0. The van der Waals surface area contributed by atoms with Gasteiger partial charge in [0.2, 0.25) is 0 Å². The van der Waals surface area contributed by atoms with Crippen LogP contribution in [0.5, 0.6) is 0 Å². The number of benzene rings is 2. The molecule has 86 valence electrons. The summed E-state index contributed by atoms with van der Waals surface area (Å²) < 4.78 is 0. The van der Waals surface area contributed by atoms with Gasteiger partial charge in [-0.05, 0) is 17.2 Å². The molecule has 0 aromatic heterocycles. The molecule has 0 atom stereocenters. The standard InChI is InChI=1S/C16H12N2/c17-10-9-14-13-6-2-1-5-12(13)11-18-16-8-4-3-7-15(14)16/h1-9,18H,11H2/b14-9-. The minimum Gasteiger partial charge on any atom is -0.380 e. The molecule has 2 heteroatoms. The Kier molecular flexibility index (Phi) is 2.59. The van der Waals surface area contributed by atoms with Gasteiger partial charge in [0.25, 0.3) is 0 Å². The summed E-state index contributed by atoms with van der Waals surface area (Å²) in [6.07, 6.45) is 1.63. The molecule has 0 radical (unpaired) electrons. The largest absolute Gasteiger partial charge is 0.380 e. The Balaban J connectivity index is 2.29. The van der Waals surface area contributed by atoms with Crippen LogP contribution in [0.3, 0.4) is 0 Å². The van der Waals surface area contributed by atoms with Crippen LogP contribution in [0.4, 0.5) is 5.69 Å². The Labute approximate surface area is 106 Å². The highest BCUT2D eigenvalue weighted by atomic mass is 14.9. The van der Waals surface area contributed by atoms with Crippen molar-refractivity contribution < 1.29 is 0 Å². The van der Waals surface area contributed by atoms with Gasteiger partial charge in [0.15, 0.2) is 0 Å². The van der Waals surface area contributed by atoms with Crippen LogP contribution >= 0.6 is 0 Å². The Morgan fingerprint density at radius 1 is 1.00 bits per heavy atom. The first kappa shape index (κ1) is 10.6. The van der Waals surface area contributed by atoms with E-state index in [-0.39, 0.29) is 0 Å². The van der Waals surface area contributed by atoms with Gasteiger partial charge in [-0.2, -0.15) is 5.26 Å². The molecule has 0 saturated carbocycles. The van der Waals surface area contributed by atoms with Gasteiger partial charge in [0.1, 0.15) is 0 Å². The lowest BCUT2D eigenvalue weighted by molar-refractivity contribution is 1.15. The monoisotopic (exact) mass is 232 g/mol. The van der Waals surface area contributed by atoms with E-state index in [1.807, 2.05) is 36.4 Å². The second-order valence-electron chi connectivity index (χ2n) is 4.24. The van der Waals surface area contributed by atoms with Gasteiger partial charge < -0.3 is 5.32 Å². The topological polar surface area (TPSA) is 35.8 Å². The number of hydrogen-bond acceptors (Lipinski definition) is 2. The number of nitrogens with zero attached hydrogens (tertiary/aromatic N) is 1. The maximum absolute atomic E-state index is 9.01. The zero-order valence-corrected chi connectivity index (χ0v) is 9.85. The van der Waals surface area contributed by atoms with Gasteiger partial charge in [0, 0.05) is 29.4 Å². The van der Waals surface area contributed by atoms with Gasteiger partial charge >= 0.3 is 0 Å². The average molecular weight is 232 g/mol. The van der Waals surface area contributed by atoms with Crippen LogP contribution in [0.15, 0.2) is 54.6 Å². The summed E-state index contributed by atoms with van der Waals surface area (Å²) in [5.41, 5.74) is 5.51. The fourth-order valence-corrected chi connectivity index (χ4v) is 2.36. The number of hydrogen-bond donors (Lipinski definition) is 1. The predicted molar refractivity (Wildman–Crippen MR) is 72.9 cm³/mol. The second kappa shape index (κ2) is 4.38. The fraction of sp³-hybridized carbons (Fsp3) is 0.0625. The SMILES string of the molecule is N#C/C=C1/c2ccccc2CNc2ccccc21. The average Bonchev–Trinajstić information content (AvgIpc) is 2.58. The van der Waals surface area contributed by atoms with E-state index >= 15 is 0 Å². The molecule has 0 bridgehead atoms. The van der Waals surface area contributed by atoms with Gasteiger partial charge in [0.05, 0.1) is 6.07 Å². The molecule has 2 nitrogen and oxygen atoms in total. The lowest BCUT2D eigenvalue weighted by atomic mass is 9.94. The van der Waals surface area contributed by atoms with Gasteiger partial charge in [-0.3, -0.25) is 0 Å². The first-order valence-electron chi connectivity index (χ1n) is 5.91. The van der Waals surface area contributed by atoms with Crippen LogP contribution in [0.25, 0.3) is 5.57 Å². The minimum absolute atomic E-state index is 0.788. The summed E-state index contributed by atoms with van der Waals surface area (Å²) in [6, 6.07) is 18.5. The molecule has 0 spiro atoms. The highest BCUT2D eigenvalue weighted by Crippen LogP contribution is 2.34. The summed E-state index contributed by atoms with van der Waals surface area (Å²) in [6.45, 7) is 0.788. The second-order valence-corrected chi connectivity index (χ2v) is 4.24. The summed E-state index contributed by atoms with van der Waals surface area (Å²) in [5.74, 6) is 0. The van der Waals surface area contributed by atoms with Gasteiger partial charge in [-0.25, -0.2) is 0 Å². The van der Waals surface area contributed by atoms with Crippen molar-refractivity contribution in [1.82, 2.24) is 0 Å². The van der Waals surface area contributed by atoms with Gasteiger partial charge in [-0.15, -0.1) is 0 Å². The van der Waals surface area contributed by atoms with E-state index in [2.05, 4.69) is 23.5 Å². The summed E-state index contributed by atoms with van der Waals surface area (Å²) in [7, 11) is 0. The highest BCUT2D eigenvalue weighted by Gasteiger charge is 2.16. The number of nitrogens with one attached hydrogen (secondary N) is 1. The molecule has 0 fully saturated rings. The fourth-order valence-electron chi connectivity index (χ4n) is 2.36. The van der Waals surface area contributed by atoms with Crippen molar-refractivity contribution >= 4 is 11.3 Å². The molecule has 1 N–H and O–H groups in total. The van der Waals surface area contributed by atoms with Crippen LogP contribution in [0.1, 0.15) is 16.7 Å². The zero-order chi connectivity index (χ0) is 12.4. The number of anilines is 1. The predicted octanol–water partition coefficient (Wildman–Crippen LogP) is 3.57. The molecule has 3 rings (SSSR count). The van der Waals surface area contributed by atoms with Gasteiger partial charge in [-0.1, -0.05) is 42.5 Å². The molecule has 1 heterocycles. The van der Waals surface area contributed by atoms with Crippen molar-refractivity contribution in [2.75, 3.05) is 5.32 Å². The van der Waals surface area contributed by atoms with Crippen molar-refractivity contribution in [2.45, 2.75) is 6.54 Å². The number of para-hydroxylation sites is 1. The maximum atomic E-state index is 9.01. The zero-order valence-electron chi connectivity index (χ0n) is 9.85. The molecule has 1 aliphatic rings. The van der Waals surface area contributed by atoms with E-state index in [1.54, 1.807) is 6.08 Å². The first-order valence-corrected chi connectivity index (χ1v) is 5.91. The number of nitriles is 1. The minimum atomic E-state index is 0.788. The van der Waals surface area contributed by atoms with Crippen molar-refractivity contribution in [3.63, 3.8) is 0 Å². The lowest BCUT2D eigenvalue weighted by Crippen LogP contribution is -1.98. The van der Waals surface area contributed by atoms with Crippen LogP contribution < -0.4 is 5.32 Å². The molecule has 0 unspecified atom stereocenters. The van der Waals surface area contributed by atoms with E-state index in [0.29, 0.717) is 0 Å². The molecule has 0 aliphatic carbocycles. The van der Waals surface area contributed by atoms with Crippen LogP contribution in [-0.4, -0.2) is 0 Å². The smallest absolute Gasteiger partial charge is 0.0918 e. The van der Waals surface area contributed by atoms with E-state index in [4.69, 9.17) is 5.26 Å². The Hall–Kier alpha value is -2.53. The van der Waals surface area contributed by atoms with Crippen LogP contribution in [0, 0.1) is 11.3 Å². The molecular weight excluding hydrogens is 220 g/mol. The van der Waals surface area contributed by atoms with E-state index in [0.717, 1.165) is 28.9 Å². The van der Waals surface area contributed by atoms with Crippen molar-refractivity contribution in [3.8, 4) is 6.07 Å². The van der Waals surface area contributed by atoms with E-state index in [9.17, 15) is 0 Å². The van der Waals surface area contributed by atoms with Crippen molar-refractivity contribution in [1.29, 1.82) is 5.26 Å². The molecule has 18 heavy (non-hydrogen) atoms. The van der Waals surface area contributed by atoms with E-state index < -0.39 is 0 Å². The molecular formula is C16H12N2. The van der Waals surface area contributed by atoms with E-state index in [1.165, 1.54) is 5.56 Å². The van der Waals surface area contributed by atoms with Crippen molar-refractivity contribution in [3.05, 3.63) is 71.3 Å². The Morgan fingerprint density at radius 2 is 1.72 bits per heavy atom. The quantitative estimate of drug-likeness (QED) is 0.705. The molecule has 1 aliphatic heterocycles. The summed E-state index contributed by atoms with van der Waals surface area (Å²) in [5, 5.41) is 12.4. The number of allylic oxidation sites excluding steroid dienone is 1. The third-order valence-corrected chi connectivity index (χ3v) is 3.20. The van der Waals surface area contributed by atoms with Crippen molar-refractivity contribution in [2.24, 2.45) is 0 Å².